The molecule has 1 aromatic carbocycles. The third-order valence-electron chi connectivity index (χ3n) is 3.70. The van der Waals surface area contributed by atoms with Gasteiger partial charge in [-0.1, -0.05) is 18.5 Å². The van der Waals surface area contributed by atoms with E-state index >= 15 is 0 Å². The van der Waals surface area contributed by atoms with Crippen molar-refractivity contribution in [3.05, 3.63) is 47.2 Å². The normalized spacial score (nSPS) is 11.4. The molecule has 0 atom stereocenters. The molecule has 0 aliphatic heterocycles. The van der Waals surface area contributed by atoms with Gasteiger partial charge < -0.3 is 10.1 Å². The first kappa shape index (κ1) is 19.0. The highest BCUT2D eigenvalue weighted by molar-refractivity contribution is 6.29. The van der Waals surface area contributed by atoms with Gasteiger partial charge in [-0.3, -0.25) is 5.32 Å². The van der Waals surface area contributed by atoms with Crippen molar-refractivity contribution < 1.29 is 9.53 Å². The number of amides is 1. The van der Waals surface area contributed by atoms with E-state index in [1.165, 1.54) is 0 Å². The number of hydrogen-bond donors (Lipinski definition) is 2. The SMILES string of the molecule is CCc1cnn2c(Nc3ccc(NC(=O)OC(C)(C)C)cc3)cc(Cl)nc12. The van der Waals surface area contributed by atoms with Gasteiger partial charge in [-0.2, -0.15) is 9.61 Å². The standard InChI is InChI=1S/C19H22ClN5O2/c1-5-12-11-21-25-16(10-15(20)24-17(12)25)22-13-6-8-14(9-7-13)23-18(26)27-19(2,3)4/h6-11,22H,5H2,1-4H3,(H,23,26). The lowest BCUT2D eigenvalue weighted by molar-refractivity contribution is 0.0636. The Hall–Kier alpha value is -2.80. The highest BCUT2D eigenvalue weighted by Crippen LogP contribution is 2.23. The van der Waals surface area contributed by atoms with Crippen molar-refractivity contribution in [2.45, 2.75) is 39.7 Å². The van der Waals surface area contributed by atoms with E-state index < -0.39 is 11.7 Å². The van der Waals surface area contributed by atoms with E-state index in [4.69, 9.17) is 16.3 Å². The van der Waals surface area contributed by atoms with E-state index in [1.54, 1.807) is 28.9 Å². The molecule has 1 amide bonds. The number of rotatable bonds is 4. The van der Waals surface area contributed by atoms with Crippen molar-refractivity contribution in [3.8, 4) is 0 Å². The van der Waals surface area contributed by atoms with Crippen LogP contribution in [0, 0.1) is 0 Å². The van der Waals surface area contributed by atoms with Crippen LogP contribution in [0.5, 0.6) is 0 Å². The van der Waals surface area contributed by atoms with Gasteiger partial charge in [0.15, 0.2) is 5.65 Å². The quantitative estimate of drug-likeness (QED) is 0.613. The lowest BCUT2D eigenvalue weighted by Gasteiger charge is -2.19. The maximum atomic E-state index is 11.8. The zero-order chi connectivity index (χ0) is 19.6. The first-order valence-corrected chi connectivity index (χ1v) is 9.03. The molecule has 2 N–H and O–H groups in total. The number of ether oxygens (including phenoxy) is 1. The lowest BCUT2D eigenvalue weighted by Crippen LogP contribution is -2.27. The minimum absolute atomic E-state index is 0.392. The average Bonchev–Trinajstić information content (AvgIpc) is 2.98. The summed E-state index contributed by atoms with van der Waals surface area (Å²) < 4.78 is 6.96. The van der Waals surface area contributed by atoms with Crippen LogP contribution < -0.4 is 10.6 Å². The van der Waals surface area contributed by atoms with Gasteiger partial charge in [0, 0.05) is 23.0 Å². The fourth-order valence-electron chi connectivity index (χ4n) is 2.52. The Morgan fingerprint density at radius 1 is 1.22 bits per heavy atom. The van der Waals surface area contributed by atoms with Gasteiger partial charge in [-0.15, -0.1) is 0 Å². The predicted octanol–water partition coefficient (Wildman–Crippen LogP) is 5.04. The molecule has 142 valence electrons. The van der Waals surface area contributed by atoms with Gasteiger partial charge in [0.2, 0.25) is 0 Å². The number of nitrogens with zero attached hydrogens (tertiary/aromatic N) is 3. The van der Waals surface area contributed by atoms with Crippen LogP contribution in [0.1, 0.15) is 33.3 Å². The van der Waals surface area contributed by atoms with Crippen LogP contribution in [0.2, 0.25) is 5.15 Å². The van der Waals surface area contributed by atoms with E-state index in [0.29, 0.717) is 16.7 Å². The van der Waals surface area contributed by atoms with E-state index in [1.807, 2.05) is 39.8 Å². The molecule has 0 bridgehead atoms. The largest absolute Gasteiger partial charge is 0.444 e. The minimum atomic E-state index is -0.543. The van der Waals surface area contributed by atoms with E-state index in [2.05, 4.69) is 20.7 Å². The summed E-state index contributed by atoms with van der Waals surface area (Å²) in [5, 5.41) is 10.7. The second-order valence-electron chi connectivity index (χ2n) is 7.05. The Kier molecular flexibility index (Phi) is 5.23. The number of carbonyl (C=O) groups is 1. The smallest absolute Gasteiger partial charge is 0.412 e. The third kappa shape index (κ3) is 4.68. The molecule has 0 radical (unpaired) electrons. The number of hydrogen-bond acceptors (Lipinski definition) is 5. The Morgan fingerprint density at radius 2 is 1.89 bits per heavy atom. The van der Waals surface area contributed by atoms with Crippen LogP contribution in [0.15, 0.2) is 36.5 Å². The van der Waals surface area contributed by atoms with Crippen molar-refractivity contribution in [3.63, 3.8) is 0 Å². The number of benzene rings is 1. The number of aryl methyl sites for hydroxylation is 1. The lowest BCUT2D eigenvalue weighted by atomic mass is 10.2. The van der Waals surface area contributed by atoms with Gasteiger partial charge in [0.1, 0.15) is 16.6 Å². The zero-order valence-electron chi connectivity index (χ0n) is 15.7. The summed E-state index contributed by atoms with van der Waals surface area (Å²) in [6.07, 6.45) is 2.12. The van der Waals surface area contributed by atoms with Crippen LogP contribution >= 0.6 is 11.6 Å². The number of nitrogens with one attached hydrogen (secondary N) is 2. The van der Waals surface area contributed by atoms with Crippen LogP contribution in [-0.2, 0) is 11.2 Å². The number of anilines is 3. The first-order chi connectivity index (χ1) is 12.7. The predicted molar refractivity (Wildman–Crippen MR) is 107 cm³/mol. The Balaban J connectivity index is 1.76. The monoisotopic (exact) mass is 387 g/mol. The summed E-state index contributed by atoms with van der Waals surface area (Å²) in [4.78, 5) is 16.2. The van der Waals surface area contributed by atoms with E-state index in [9.17, 15) is 4.79 Å². The maximum Gasteiger partial charge on any atom is 0.412 e. The fourth-order valence-corrected chi connectivity index (χ4v) is 2.71. The van der Waals surface area contributed by atoms with E-state index in [0.717, 1.165) is 23.3 Å². The molecule has 0 aliphatic rings. The Labute approximate surface area is 162 Å². The summed E-state index contributed by atoms with van der Waals surface area (Å²) >= 11 is 6.16. The second-order valence-corrected chi connectivity index (χ2v) is 7.44. The fraction of sp³-hybridized carbons (Fsp3) is 0.316. The molecular weight excluding hydrogens is 366 g/mol. The van der Waals surface area contributed by atoms with Crippen LogP contribution in [0.4, 0.5) is 22.0 Å². The molecule has 8 heteroatoms. The van der Waals surface area contributed by atoms with Crippen molar-refractivity contribution in [1.82, 2.24) is 14.6 Å². The second kappa shape index (κ2) is 7.44. The molecule has 0 spiro atoms. The van der Waals surface area contributed by atoms with Crippen molar-refractivity contribution in [2.75, 3.05) is 10.6 Å². The topological polar surface area (TPSA) is 80.5 Å². The van der Waals surface area contributed by atoms with Crippen molar-refractivity contribution in [2.24, 2.45) is 0 Å². The molecule has 0 fully saturated rings. The molecule has 3 aromatic rings. The number of halogens is 1. The highest BCUT2D eigenvalue weighted by atomic mass is 35.5. The molecule has 2 aromatic heterocycles. The molecule has 0 aliphatic carbocycles. The van der Waals surface area contributed by atoms with Gasteiger partial charge in [-0.25, -0.2) is 9.78 Å². The molecular formula is C19H22ClN5O2. The molecule has 0 unspecified atom stereocenters. The summed E-state index contributed by atoms with van der Waals surface area (Å²) in [5.41, 5.74) is 2.67. The highest BCUT2D eigenvalue weighted by Gasteiger charge is 2.16. The molecule has 27 heavy (non-hydrogen) atoms. The van der Waals surface area contributed by atoms with Crippen molar-refractivity contribution in [1.29, 1.82) is 0 Å². The van der Waals surface area contributed by atoms with E-state index in [-0.39, 0.29) is 0 Å². The number of carbonyl (C=O) groups excluding carboxylic acids is 1. The van der Waals surface area contributed by atoms with Crippen LogP contribution in [-0.4, -0.2) is 26.3 Å². The number of aromatic nitrogens is 3. The summed E-state index contributed by atoms with van der Waals surface area (Å²) in [7, 11) is 0. The maximum absolute atomic E-state index is 11.8. The third-order valence-corrected chi connectivity index (χ3v) is 3.89. The summed E-state index contributed by atoms with van der Waals surface area (Å²) in [5.74, 6) is 0.706. The zero-order valence-corrected chi connectivity index (χ0v) is 16.5. The van der Waals surface area contributed by atoms with Crippen LogP contribution in [0.3, 0.4) is 0 Å². The number of fused-ring (bicyclic) bond motifs is 1. The molecule has 2 heterocycles. The summed E-state index contributed by atoms with van der Waals surface area (Å²) in [6.45, 7) is 7.50. The minimum Gasteiger partial charge on any atom is -0.444 e. The van der Waals surface area contributed by atoms with Gasteiger partial charge in [0.05, 0.1) is 6.20 Å². The molecule has 0 saturated heterocycles. The first-order valence-electron chi connectivity index (χ1n) is 8.65. The Morgan fingerprint density at radius 3 is 2.52 bits per heavy atom. The molecule has 0 saturated carbocycles. The van der Waals surface area contributed by atoms with Crippen LogP contribution in [0.25, 0.3) is 5.65 Å². The molecule has 3 rings (SSSR count). The average molecular weight is 388 g/mol. The Bertz CT molecular complexity index is 961. The van der Waals surface area contributed by atoms with Gasteiger partial charge >= 0.3 is 6.09 Å². The van der Waals surface area contributed by atoms with Gasteiger partial charge in [-0.05, 0) is 51.5 Å². The summed E-state index contributed by atoms with van der Waals surface area (Å²) in [6, 6.07) is 8.97. The van der Waals surface area contributed by atoms with Crippen molar-refractivity contribution >= 4 is 40.5 Å². The molecule has 7 nitrogen and oxygen atoms in total. The van der Waals surface area contributed by atoms with Gasteiger partial charge in [0.25, 0.3) is 0 Å².